The summed E-state index contributed by atoms with van der Waals surface area (Å²) in [5.74, 6) is -1.52. The van der Waals surface area contributed by atoms with E-state index in [9.17, 15) is 14.9 Å². The van der Waals surface area contributed by atoms with Crippen LogP contribution in [0.15, 0.2) is 48.7 Å². The number of carbonyl (C=O) groups excluding carboxylic acids is 1. The molecule has 0 fully saturated rings. The highest BCUT2D eigenvalue weighted by atomic mass is 16.6. The average Bonchev–Trinajstić information content (AvgIpc) is 2.91. The van der Waals surface area contributed by atoms with Crippen molar-refractivity contribution in [1.29, 1.82) is 0 Å². The summed E-state index contributed by atoms with van der Waals surface area (Å²) in [4.78, 5) is 23.1. The van der Waals surface area contributed by atoms with Gasteiger partial charge in [-0.1, -0.05) is 30.3 Å². The van der Waals surface area contributed by atoms with Crippen LogP contribution in [0, 0.1) is 10.1 Å². The first-order valence-corrected chi connectivity index (χ1v) is 7.02. The molecule has 2 atom stereocenters. The van der Waals surface area contributed by atoms with Crippen molar-refractivity contribution in [2.75, 3.05) is 6.61 Å². The van der Waals surface area contributed by atoms with Crippen LogP contribution in [0.2, 0.25) is 0 Å². The highest BCUT2D eigenvalue weighted by Gasteiger charge is 2.43. The molecule has 2 unspecified atom stereocenters. The van der Waals surface area contributed by atoms with Crippen LogP contribution in [0.5, 0.6) is 0 Å². The number of aromatic nitrogens is 1. The summed E-state index contributed by atoms with van der Waals surface area (Å²) in [6.07, 6.45) is 1.80. The first kappa shape index (κ1) is 15.8. The molecule has 0 spiro atoms. The molecule has 6 nitrogen and oxygen atoms in total. The second kappa shape index (κ2) is 6.89. The van der Waals surface area contributed by atoms with Gasteiger partial charge < -0.3 is 9.30 Å². The molecule has 0 saturated carbocycles. The molecule has 22 heavy (non-hydrogen) atoms. The van der Waals surface area contributed by atoms with E-state index >= 15 is 0 Å². The first-order chi connectivity index (χ1) is 10.6. The summed E-state index contributed by atoms with van der Waals surface area (Å²) in [5.41, 5.74) is 1.40. The van der Waals surface area contributed by atoms with E-state index in [1.807, 2.05) is 6.07 Å². The van der Waals surface area contributed by atoms with Crippen LogP contribution in [0.25, 0.3) is 0 Å². The van der Waals surface area contributed by atoms with Crippen molar-refractivity contribution in [3.8, 4) is 0 Å². The Morgan fingerprint density at radius 2 is 1.95 bits per heavy atom. The number of benzene rings is 1. The predicted octanol–water partition coefficient (Wildman–Crippen LogP) is 2.37. The summed E-state index contributed by atoms with van der Waals surface area (Å²) < 4.78 is 6.70. The third-order valence-corrected chi connectivity index (χ3v) is 3.53. The van der Waals surface area contributed by atoms with Crippen LogP contribution in [0.3, 0.4) is 0 Å². The Kier molecular flexibility index (Phi) is 4.93. The number of hydrogen-bond acceptors (Lipinski definition) is 4. The van der Waals surface area contributed by atoms with E-state index in [1.165, 1.54) is 0 Å². The molecule has 116 valence electrons. The summed E-state index contributed by atoms with van der Waals surface area (Å²) >= 11 is 0. The third-order valence-electron chi connectivity index (χ3n) is 3.53. The summed E-state index contributed by atoms with van der Waals surface area (Å²) in [7, 11) is 1.80. The van der Waals surface area contributed by atoms with E-state index in [0.717, 1.165) is 0 Å². The van der Waals surface area contributed by atoms with Crippen LogP contribution >= 0.6 is 0 Å². The first-order valence-electron chi connectivity index (χ1n) is 7.02. The van der Waals surface area contributed by atoms with Gasteiger partial charge in [0, 0.05) is 23.9 Å². The Morgan fingerprint density at radius 1 is 1.27 bits per heavy atom. The van der Waals surface area contributed by atoms with Crippen LogP contribution in [-0.2, 0) is 16.6 Å². The Bertz CT molecular complexity index is 651. The van der Waals surface area contributed by atoms with E-state index in [1.54, 1.807) is 61.1 Å². The van der Waals surface area contributed by atoms with Crippen molar-refractivity contribution in [1.82, 2.24) is 4.57 Å². The summed E-state index contributed by atoms with van der Waals surface area (Å²) in [6.45, 7) is 1.74. The molecule has 0 bridgehead atoms. The van der Waals surface area contributed by atoms with Gasteiger partial charge in [0.05, 0.1) is 6.61 Å². The number of rotatable bonds is 6. The number of esters is 1. The number of nitro groups is 1. The van der Waals surface area contributed by atoms with Gasteiger partial charge in [0.1, 0.15) is 5.92 Å². The zero-order valence-corrected chi connectivity index (χ0v) is 12.5. The molecule has 6 heteroatoms. The normalized spacial score (nSPS) is 13.4. The van der Waals surface area contributed by atoms with E-state index in [2.05, 4.69) is 0 Å². The smallest absolute Gasteiger partial charge is 0.382 e. The fourth-order valence-corrected chi connectivity index (χ4v) is 2.54. The van der Waals surface area contributed by atoms with Crippen molar-refractivity contribution in [2.45, 2.75) is 18.9 Å². The van der Waals surface area contributed by atoms with Crippen LogP contribution in [-0.4, -0.2) is 28.1 Å². The predicted molar refractivity (Wildman–Crippen MR) is 81.1 cm³/mol. The second-order valence-electron chi connectivity index (χ2n) is 4.91. The van der Waals surface area contributed by atoms with Gasteiger partial charge >= 0.3 is 12.0 Å². The molecule has 1 aromatic heterocycles. The Balaban J connectivity index is 2.54. The zero-order chi connectivity index (χ0) is 16.1. The van der Waals surface area contributed by atoms with Gasteiger partial charge in [0.2, 0.25) is 0 Å². The van der Waals surface area contributed by atoms with Gasteiger partial charge in [-0.2, -0.15) is 0 Å². The average molecular weight is 302 g/mol. The number of aryl methyl sites for hydroxylation is 1. The van der Waals surface area contributed by atoms with E-state index < -0.39 is 22.9 Å². The maximum absolute atomic E-state index is 12.1. The summed E-state index contributed by atoms with van der Waals surface area (Å²) in [6, 6.07) is 11.1. The molecule has 1 heterocycles. The monoisotopic (exact) mass is 302 g/mol. The number of nitrogens with zero attached hydrogens (tertiary/aromatic N) is 2. The number of ether oxygens (including phenoxy) is 1. The van der Waals surface area contributed by atoms with E-state index in [-0.39, 0.29) is 6.61 Å². The van der Waals surface area contributed by atoms with Crippen LogP contribution < -0.4 is 0 Å². The lowest BCUT2D eigenvalue weighted by molar-refractivity contribution is -0.513. The Labute approximate surface area is 128 Å². The molecule has 0 saturated heterocycles. The van der Waals surface area contributed by atoms with Gasteiger partial charge in [-0.15, -0.1) is 0 Å². The third kappa shape index (κ3) is 3.16. The molecule has 0 amide bonds. The van der Waals surface area contributed by atoms with Crippen molar-refractivity contribution >= 4 is 5.97 Å². The quantitative estimate of drug-likeness (QED) is 0.466. The van der Waals surface area contributed by atoms with Gasteiger partial charge in [-0.05, 0) is 24.6 Å². The highest BCUT2D eigenvalue weighted by Crippen LogP contribution is 2.30. The van der Waals surface area contributed by atoms with E-state index in [0.29, 0.717) is 11.3 Å². The summed E-state index contributed by atoms with van der Waals surface area (Å²) in [5, 5.41) is 11.5. The van der Waals surface area contributed by atoms with Crippen LogP contribution in [0.1, 0.15) is 24.1 Å². The molecule has 0 aliphatic carbocycles. The van der Waals surface area contributed by atoms with Gasteiger partial charge in [0.15, 0.2) is 0 Å². The molecule has 0 aliphatic heterocycles. The minimum Gasteiger partial charge on any atom is -0.461 e. The van der Waals surface area contributed by atoms with Crippen molar-refractivity contribution in [2.24, 2.45) is 7.05 Å². The molecule has 0 N–H and O–H groups in total. The topological polar surface area (TPSA) is 74.4 Å². The number of hydrogen-bond donors (Lipinski definition) is 0. The van der Waals surface area contributed by atoms with Crippen molar-refractivity contribution < 1.29 is 14.5 Å². The lowest BCUT2D eigenvalue weighted by Crippen LogP contribution is -2.38. The molecule has 0 aliphatic rings. The second-order valence-corrected chi connectivity index (χ2v) is 4.91. The molecule has 2 aromatic rings. The maximum Gasteiger partial charge on any atom is 0.382 e. The minimum atomic E-state index is -1.48. The minimum absolute atomic E-state index is 0.109. The van der Waals surface area contributed by atoms with Crippen molar-refractivity contribution in [3.63, 3.8) is 0 Å². The molecule has 1 aromatic carbocycles. The standard InChI is InChI=1S/C16H18N2O4/c1-3-22-16(19)15(18(20)21)14(12-8-5-4-6-9-12)13-10-7-11-17(13)2/h4-11,14-15H,3H2,1-2H3. The van der Waals surface area contributed by atoms with Gasteiger partial charge in [0.25, 0.3) is 0 Å². The van der Waals surface area contributed by atoms with Crippen molar-refractivity contribution in [3.05, 3.63) is 70.0 Å². The zero-order valence-electron chi connectivity index (χ0n) is 12.5. The molecular formula is C16H18N2O4. The molecule has 2 rings (SSSR count). The lowest BCUT2D eigenvalue weighted by atomic mass is 9.88. The SMILES string of the molecule is CCOC(=O)C(C(c1ccccc1)c1cccn1C)[N+](=O)[O-]. The maximum atomic E-state index is 12.1. The lowest BCUT2D eigenvalue weighted by Gasteiger charge is -2.21. The molecule has 0 radical (unpaired) electrons. The molecular weight excluding hydrogens is 284 g/mol. The van der Waals surface area contributed by atoms with Crippen LogP contribution in [0.4, 0.5) is 0 Å². The highest BCUT2D eigenvalue weighted by molar-refractivity contribution is 5.76. The number of carbonyl (C=O) groups is 1. The Hall–Kier alpha value is -2.63. The fourth-order valence-electron chi connectivity index (χ4n) is 2.54. The Morgan fingerprint density at radius 3 is 2.45 bits per heavy atom. The van der Waals surface area contributed by atoms with Gasteiger partial charge in [-0.3, -0.25) is 10.1 Å². The fraction of sp³-hybridized carbons (Fsp3) is 0.312. The van der Waals surface area contributed by atoms with Gasteiger partial charge in [-0.25, -0.2) is 4.79 Å². The largest absolute Gasteiger partial charge is 0.461 e. The van der Waals surface area contributed by atoms with E-state index in [4.69, 9.17) is 4.74 Å².